The highest BCUT2D eigenvalue weighted by Crippen LogP contribution is 2.34. The number of rotatable bonds is 2. The van der Waals surface area contributed by atoms with E-state index in [1.165, 1.54) is 11.8 Å². The molecule has 2 aromatic carbocycles. The summed E-state index contributed by atoms with van der Waals surface area (Å²) in [5, 5.41) is 10.0. The lowest BCUT2D eigenvalue weighted by Gasteiger charge is -2.04. The lowest BCUT2D eigenvalue weighted by Crippen LogP contribution is -1.78. The Bertz CT molecular complexity index is 573. The van der Waals surface area contributed by atoms with Crippen LogP contribution in [0.2, 0.25) is 10.0 Å². The van der Waals surface area contributed by atoms with Gasteiger partial charge >= 0.3 is 0 Å². The van der Waals surface area contributed by atoms with Crippen LogP contribution < -0.4 is 0 Å². The zero-order valence-corrected chi connectivity index (χ0v) is 11.0. The van der Waals surface area contributed by atoms with Crippen LogP contribution in [-0.2, 0) is 0 Å². The molecule has 1 nitrogen and oxygen atoms in total. The molecule has 0 amide bonds. The van der Waals surface area contributed by atoms with Crippen molar-refractivity contribution < 1.29 is 0 Å². The smallest absolute Gasteiger partial charge is 0.0991 e. The van der Waals surface area contributed by atoms with Crippen molar-refractivity contribution >= 4 is 35.0 Å². The van der Waals surface area contributed by atoms with E-state index in [-0.39, 0.29) is 0 Å². The molecule has 0 bridgehead atoms. The zero-order valence-electron chi connectivity index (χ0n) is 8.65. The molecule has 0 saturated carbocycles. The summed E-state index contributed by atoms with van der Waals surface area (Å²) < 4.78 is 0. The molecule has 0 radical (unpaired) electrons. The first-order chi connectivity index (χ1) is 8.19. The van der Waals surface area contributed by atoms with E-state index in [1.807, 2.05) is 18.2 Å². The largest absolute Gasteiger partial charge is 0.192 e. The summed E-state index contributed by atoms with van der Waals surface area (Å²) in [6, 6.07) is 14.8. The zero-order chi connectivity index (χ0) is 12.3. The fraction of sp³-hybridized carbons (Fsp3) is 0. The molecule has 0 N–H and O–H groups in total. The summed E-state index contributed by atoms with van der Waals surface area (Å²) in [7, 11) is 0. The predicted molar refractivity (Wildman–Crippen MR) is 71.7 cm³/mol. The molecule has 0 aliphatic rings. The third-order valence-corrected chi connectivity index (χ3v) is 3.85. The van der Waals surface area contributed by atoms with Gasteiger partial charge in [-0.1, -0.05) is 35.0 Å². The van der Waals surface area contributed by atoms with Gasteiger partial charge in [0, 0.05) is 14.8 Å². The van der Waals surface area contributed by atoms with Crippen LogP contribution in [0.25, 0.3) is 0 Å². The van der Waals surface area contributed by atoms with E-state index in [0.717, 1.165) is 9.79 Å². The Labute approximate surface area is 114 Å². The Kier molecular flexibility index (Phi) is 3.96. The van der Waals surface area contributed by atoms with Crippen LogP contribution in [0.5, 0.6) is 0 Å². The van der Waals surface area contributed by atoms with Gasteiger partial charge in [0.2, 0.25) is 0 Å². The molecule has 0 atom stereocenters. The second-order valence-corrected chi connectivity index (χ2v) is 5.27. The highest BCUT2D eigenvalue weighted by Gasteiger charge is 2.03. The van der Waals surface area contributed by atoms with Gasteiger partial charge in [-0.25, -0.2) is 0 Å². The average Bonchev–Trinajstić information content (AvgIpc) is 2.35. The first kappa shape index (κ1) is 12.3. The number of nitrogens with zero attached hydrogens (tertiary/aromatic N) is 1. The fourth-order valence-corrected chi connectivity index (χ4v) is 2.63. The lowest BCUT2D eigenvalue weighted by atomic mass is 10.2. The summed E-state index contributed by atoms with van der Waals surface area (Å²) in [6.07, 6.45) is 0. The van der Waals surface area contributed by atoms with Gasteiger partial charge < -0.3 is 0 Å². The van der Waals surface area contributed by atoms with E-state index in [1.54, 1.807) is 24.3 Å². The van der Waals surface area contributed by atoms with Crippen LogP contribution in [0.1, 0.15) is 5.56 Å². The monoisotopic (exact) mass is 279 g/mol. The van der Waals surface area contributed by atoms with Crippen LogP contribution in [0, 0.1) is 11.3 Å². The van der Waals surface area contributed by atoms with Crippen molar-refractivity contribution in [1.29, 1.82) is 5.26 Å². The molecular weight excluding hydrogens is 273 g/mol. The number of halogens is 2. The van der Waals surface area contributed by atoms with Gasteiger partial charge in [0.15, 0.2) is 0 Å². The first-order valence-corrected chi connectivity index (χ1v) is 6.39. The van der Waals surface area contributed by atoms with Crippen LogP contribution in [0.3, 0.4) is 0 Å². The fourth-order valence-electron chi connectivity index (χ4n) is 1.28. The van der Waals surface area contributed by atoms with Gasteiger partial charge in [-0.15, -0.1) is 0 Å². The molecule has 17 heavy (non-hydrogen) atoms. The van der Waals surface area contributed by atoms with Crippen molar-refractivity contribution in [3.05, 3.63) is 58.1 Å². The van der Waals surface area contributed by atoms with Gasteiger partial charge in [0.1, 0.15) is 0 Å². The Morgan fingerprint density at radius 2 is 1.71 bits per heavy atom. The van der Waals surface area contributed by atoms with Gasteiger partial charge in [0.25, 0.3) is 0 Å². The maximum absolute atomic E-state index is 8.70. The molecule has 84 valence electrons. The van der Waals surface area contributed by atoms with Crippen LogP contribution >= 0.6 is 35.0 Å². The van der Waals surface area contributed by atoms with Crippen LogP contribution in [-0.4, -0.2) is 0 Å². The SMILES string of the molecule is N#Cc1ccc(Sc2cc(Cl)ccc2Cl)cc1. The molecule has 0 unspecified atom stereocenters. The van der Waals surface area contributed by atoms with Gasteiger partial charge in [0.05, 0.1) is 16.7 Å². The molecule has 2 aromatic rings. The molecule has 0 heterocycles. The summed E-state index contributed by atoms with van der Waals surface area (Å²) in [4.78, 5) is 1.93. The maximum Gasteiger partial charge on any atom is 0.0991 e. The highest BCUT2D eigenvalue weighted by molar-refractivity contribution is 7.99. The molecular formula is C13H7Cl2NS. The van der Waals surface area contributed by atoms with Gasteiger partial charge in [-0.3, -0.25) is 0 Å². The van der Waals surface area contributed by atoms with Crippen molar-refractivity contribution in [2.45, 2.75) is 9.79 Å². The summed E-state index contributed by atoms with van der Waals surface area (Å²) in [5.41, 5.74) is 0.645. The maximum atomic E-state index is 8.70. The molecule has 0 fully saturated rings. The second kappa shape index (κ2) is 5.46. The molecule has 0 aliphatic heterocycles. The van der Waals surface area contributed by atoms with Crippen LogP contribution in [0.15, 0.2) is 52.3 Å². The third-order valence-electron chi connectivity index (χ3n) is 2.10. The molecule has 0 aromatic heterocycles. The summed E-state index contributed by atoms with van der Waals surface area (Å²) in [5.74, 6) is 0. The van der Waals surface area contributed by atoms with Gasteiger partial charge in [-0.2, -0.15) is 5.26 Å². The van der Waals surface area contributed by atoms with Crippen molar-refractivity contribution in [2.24, 2.45) is 0 Å². The standard InChI is InChI=1S/C13H7Cl2NS/c14-10-3-6-12(15)13(7-10)17-11-4-1-9(8-16)2-5-11/h1-7H. The van der Waals surface area contributed by atoms with E-state index in [0.29, 0.717) is 15.6 Å². The minimum absolute atomic E-state index is 0.645. The molecule has 2 rings (SSSR count). The average molecular weight is 280 g/mol. The van der Waals surface area contributed by atoms with E-state index in [2.05, 4.69) is 6.07 Å². The molecule has 0 saturated heterocycles. The van der Waals surface area contributed by atoms with E-state index >= 15 is 0 Å². The molecule has 0 aliphatic carbocycles. The Morgan fingerprint density at radius 3 is 2.35 bits per heavy atom. The number of nitriles is 1. The third kappa shape index (κ3) is 3.17. The lowest BCUT2D eigenvalue weighted by molar-refractivity contribution is 1.39. The predicted octanol–water partition coefficient (Wildman–Crippen LogP) is 5.02. The number of hydrogen-bond donors (Lipinski definition) is 0. The van der Waals surface area contributed by atoms with Crippen molar-refractivity contribution in [3.8, 4) is 6.07 Å². The number of hydrogen-bond acceptors (Lipinski definition) is 2. The molecule has 4 heteroatoms. The van der Waals surface area contributed by atoms with Crippen molar-refractivity contribution in [1.82, 2.24) is 0 Å². The molecule has 0 spiro atoms. The second-order valence-electron chi connectivity index (χ2n) is 3.31. The first-order valence-electron chi connectivity index (χ1n) is 4.82. The highest BCUT2D eigenvalue weighted by atomic mass is 35.5. The Morgan fingerprint density at radius 1 is 1.00 bits per heavy atom. The topological polar surface area (TPSA) is 23.8 Å². The van der Waals surface area contributed by atoms with Gasteiger partial charge in [-0.05, 0) is 42.5 Å². The van der Waals surface area contributed by atoms with E-state index in [9.17, 15) is 0 Å². The van der Waals surface area contributed by atoms with Crippen molar-refractivity contribution in [2.75, 3.05) is 0 Å². The Balaban J connectivity index is 2.25. The minimum atomic E-state index is 0.645. The summed E-state index contributed by atoms with van der Waals surface area (Å²) >= 11 is 13.5. The quantitative estimate of drug-likeness (QED) is 0.771. The minimum Gasteiger partial charge on any atom is -0.192 e. The summed E-state index contributed by atoms with van der Waals surface area (Å²) in [6.45, 7) is 0. The van der Waals surface area contributed by atoms with E-state index < -0.39 is 0 Å². The normalized spacial score (nSPS) is 9.94. The van der Waals surface area contributed by atoms with Crippen molar-refractivity contribution in [3.63, 3.8) is 0 Å². The Hall–Kier alpha value is -1.14. The van der Waals surface area contributed by atoms with Crippen LogP contribution in [0.4, 0.5) is 0 Å². The van der Waals surface area contributed by atoms with E-state index in [4.69, 9.17) is 28.5 Å². The number of benzene rings is 2.